The summed E-state index contributed by atoms with van der Waals surface area (Å²) in [5, 5.41) is 0. The maximum atomic E-state index is 12.2. The summed E-state index contributed by atoms with van der Waals surface area (Å²) in [6.45, 7) is 13.2. The van der Waals surface area contributed by atoms with Crippen molar-refractivity contribution in [1.29, 1.82) is 0 Å². The second kappa shape index (κ2) is 7.70. The van der Waals surface area contributed by atoms with Gasteiger partial charge in [0.25, 0.3) is 0 Å². The minimum atomic E-state index is 0.196. The molecule has 0 bridgehead atoms. The average Bonchev–Trinajstić information content (AvgIpc) is 2.22. The second-order valence-electron chi connectivity index (χ2n) is 5.99. The van der Waals surface area contributed by atoms with E-state index in [2.05, 4.69) is 34.6 Å². The molecule has 1 unspecified atom stereocenters. The summed E-state index contributed by atoms with van der Waals surface area (Å²) in [7, 11) is 0. The third-order valence-electron chi connectivity index (χ3n) is 3.44. The molecule has 0 saturated carbocycles. The van der Waals surface area contributed by atoms with E-state index in [0.29, 0.717) is 18.9 Å². The molecule has 0 radical (unpaired) electrons. The van der Waals surface area contributed by atoms with Crippen molar-refractivity contribution in [2.45, 2.75) is 53.9 Å². The highest BCUT2D eigenvalue weighted by Gasteiger charge is 2.24. The number of hydrogen-bond acceptors (Lipinski definition) is 2. The summed E-state index contributed by atoms with van der Waals surface area (Å²) in [6, 6.07) is 0. The number of amides is 1. The SMILES string of the molecule is CCCN(CCCN)C(=O)CC(C)C(C)(C)C. The van der Waals surface area contributed by atoms with Gasteiger partial charge in [-0.1, -0.05) is 34.6 Å². The van der Waals surface area contributed by atoms with Crippen LogP contribution in [0.15, 0.2) is 0 Å². The molecule has 0 rings (SSSR count). The zero-order valence-electron chi connectivity index (χ0n) is 12.3. The Morgan fingerprint density at radius 3 is 2.29 bits per heavy atom. The highest BCUT2D eigenvalue weighted by Crippen LogP contribution is 2.28. The van der Waals surface area contributed by atoms with Crippen molar-refractivity contribution in [3.05, 3.63) is 0 Å². The monoisotopic (exact) mass is 242 g/mol. The summed E-state index contributed by atoms with van der Waals surface area (Å²) in [5.74, 6) is 0.690. The highest BCUT2D eigenvalue weighted by molar-refractivity contribution is 5.76. The zero-order chi connectivity index (χ0) is 13.5. The Hall–Kier alpha value is -0.570. The van der Waals surface area contributed by atoms with Crippen LogP contribution in [0.4, 0.5) is 0 Å². The first kappa shape index (κ1) is 16.4. The van der Waals surface area contributed by atoms with Crippen LogP contribution in [0, 0.1) is 11.3 Å². The molecule has 102 valence electrons. The van der Waals surface area contributed by atoms with E-state index in [1.54, 1.807) is 0 Å². The smallest absolute Gasteiger partial charge is 0.222 e. The topological polar surface area (TPSA) is 46.3 Å². The van der Waals surface area contributed by atoms with Gasteiger partial charge in [0.15, 0.2) is 0 Å². The number of rotatable bonds is 7. The van der Waals surface area contributed by atoms with Gasteiger partial charge in [-0.25, -0.2) is 0 Å². The lowest BCUT2D eigenvalue weighted by Crippen LogP contribution is -2.36. The zero-order valence-corrected chi connectivity index (χ0v) is 12.3. The first-order valence-electron chi connectivity index (χ1n) is 6.80. The number of nitrogens with two attached hydrogens (primary N) is 1. The predicted octanol–water partition coefficient (Wildman–Crippen LogP) is 2.65. The molecular formula is C14H30N2O. The van der Waals surface area contributed by atoms with Gasteiger partial charge in [0.05, 0.1) is 0 Å². The molecule has 0 aliphatic heterocycles. The third-order valence-corrected chi connectivity index (χ3v) is 3.44. The van der Waals surface area contributed by atoms with Crippen LogP contribution >= 0.6 is 0 Å². The fourth-order valence-corrected chi connectivity index (χ4v) is 1.61. The molecule has 0 aliphatic rings. The third kappa shape index (κ3) is 6.67. The number of nitrogens with zero attached hydrogens (tertiary/aromatic N) is 1. The number of carbonyl (C=O) groups is 1. The van der Waals surface area contributed by atoms with Gasteiger partial charge in [0, 0.05) is 19.5 Å². The molecule has 1 amide bonds. The van der Waals surface area contributed by atoms with Crippen molar-refractivity contribution in [3.63, 3.8) is 0 Å². The Labute approximate surface area is 107 Å². The first-order valence-corrected chi connectivity index (χ1v) is 6.80. The fraction of sp³-hybridized carbons (Fsp3) is 0.929. The predicted molar refractivity (Wildman–Crippen MR) is 73.8 cm³/mol. The van der Waals surface area contributed by atoms with Crippen molar-refractivity contribution >= 4 is 5.91 Å². The maximum Gasteiger partial charge on any atom is 0.222 e. The van der Waals surface area contributed by atoms with Gasteiger partial charge >= 0.3 is 0 Å². The lowest BCUT2D eigenvalue weighted by atomic mass is 9.80. The molecule has 3 nitrogen and oxygen atoms in total. The number of carbonyl (C=O) groups excluding carboxylic acids is 1. The van der Waals surface area contributed by atoms with Crippen LogP contribution in [0.1, 0.15) is 53.9 Å². The van der Waals surface area contributed by atoms with E-state index in [1.807, 2.05) is 4.90 Å². The Bertz CT molecular complexity index is 221. The molecule has 0 aromatic carbocycles. The lowest BCUT2D eigenvalue weighted by Gasteiger charge is -2.30. The lowest BCUT2D eigenvalue weighted by molar-refractivity contribution is -0.133. The van der Waals surface area contributed by atoms with Crippen molar-refractivity contribution in [1.82, 2.24) is 4.90 Å². The summed E-state index contributed by atoms with van der Waals surface area (Å²) >= 11 is 0. The molecule has 0 spiro atoms. The van der Waals surface area contributed by atoms with Crippen molar-refractivity contribution < 1.29 is 4.79 Å². The van der Waals surface area contributed by atoms with Crippen molar-refractivity contribution in [3.8, 4) is 0 Å². The van der Waals surface area contributed by atoms with Gasteiger partial charge in [-0.2, -0.15) is 0 Å². The van der Waals surface area contributed by atoms with Crippen LogP contribution in [0.3, 0.4) is 0 Å². The van der Waals surface area contributed by atoms with E-state index >= 15 is 0 Å². The highest BCUT2D eigenvalue weighted by atomic mass is 16.2. The van der Waals surface area contributed by atoms with E-state index in [1.165, 1.54) is 0 Å². The van der Waals surface area contributed by atoms with Gasteiger partial charge < -0.3 is 10.6 Å². The molecule has 2 N–H and O–H groups in total. The van der Waals surface area contributed by atoms with Gasteiger partial charge in [-0.05, 0) is 30.7 Å². The van der Waals surface area contributed by atoms with Crippen LogP contribution < -0.4 is 5.73 Å². The molecular weight excluding hydrogens is 212 g/mol. The fourth-order valence-electron chi connectivity index (χ4n) is 1.61. The standard InChI is InChI=1S/C14H30N2O/c1-6-9-16(10-7-8-15)13(17)11-12(2)14(3,4)5/h12H,6-11,15H2,1-5H3. The van der Waals surface area contributed by atoms with Crippen LogP contribution in [-0.4, -0.2) is 30.4 Å². The van der Waals surface area contributed by atoms with Crippen LogP contribution in [0.2, 0.25) is 0 Å². The van der Waals surface area contributed by atoms with E-state index in [0.717, 1.165) is 25.9 Å². The molecule has 17 heavy (non-hydrogen) atoms. The molecule has 0 saturated heterocycles. The Morgan fingerprint density at radius 1 is 1.29 bits per heavy atom. The molecule has 3 heteroatoms. The number of hydrogen-bond donors (Lipinski definition) is 1. The molecule has 0 aliphatic carbocycles. The maximum absolute atomic E-state index is 12.2. The van der Waals surface area contributed by atoms with Crippen LogP contribution in [0.5, 0.6) is 0 Å². The summed E-state index contributed by atoms with van der Waals surface area (Å²) in [4.78, 5) is 14.1. The second-order valence-corrected chi connectivity index (χ2v) is 5.99. The quantitative estimate of drug-likeness (QED) is 0.746. The largest absolute Gasteiger partial charge is 0.343 e. The van der Waals surface area contributed by atoms with Gasteiger partial charge in [-0.15, -0.1) is 0 Å². The van der Waals surface area contributed by atoms with Gasteiger partial charge in [0.2, 0.25) is 5.91 Å². The minimum Gasteiger partial charge on any atom is -0.343 e. The summed E-state index contributed by atoms with van der Waals surface area (Å²) in [6.07, 6.45) is 2.56. The van der Waals surface area contributed by atoms with Gasteiger partial charge in [0.1, 0.15) is 0 Å². The average molecular weight is 242 g/mol. The van der Waals surface area contributed by atoms with E-state index < -0.39 is 0 Å². The van der Waals surface area contributed by atoms with E-state index in [9.17, 15) is 4.79 Å². The van der Waals surface area contributed by atoms with Crippen molar-refractivity contribution in [2.75, 3.05) is 19.6 Å². The molecule has 0 heterocycles. The normalized spacial score (nSPS) is 13.5. The molecule has 0 aromatic heterocycles. The molecule has 0 aromatic rings. The Kier molecular flexibility index (Phi) is 7.44. The first-order chi connectivity index (χ1) is 7.82. The van der Waals surface area contributed by atoms with Crippen LogP contribution in [-0.2, 0) is 4.79 Å². The van der Waals surface area contributed by atoms with Crippen molar-refractivity contribution in [2.24, 2.45) is 17.1 Å². The van der Waals surface area contributed by atoms with Crippen LogP contribution in [0.25, 0.3) is 0 Å². The van der Waals surface area contributed by atoms with Gasteiger partial charge in [-0.3, -0.25) is 4.79 Å². The molecule has 0 fully saturated rings. The summed E-state index contributed by atoms with van der Waals surface area (Å²) in [5.41, 5.74) is 5.70. The van der Waals surface area contributed by atoms with E-state index in [-0.39, 0.29) is 11.3 Å². The summed E-state index contributed by atoms with van der Waals surface area (Å²) < 4.78 is 0. The Morgan fingerprint density at radius 2 is 1.88 bits per heavy atom. The van der Waals surface area contributed by atoms with E-state index in [4.69, 9.17) is 5.73 Å². The molecule has 1 atom stereocenters. The Balaban J connectivity index is 4.31. The minimum absolute atomic E-state index is 0.196.